The molecule has 4 nitrogen and oxygen atoms in total. The third-order valence-corrected chi connectivity index (χ3v) is 6.01. The van der Waals surface area contributed by atoms with Gasteiger partial charge in [0.1, 0.15) is 0 Å². The summed E-state index contributed by atoms with van der Waals surface area (Å²) in [6.45, 7) is 2.59. The lowest BCUT2D eigenvalue weighted by molar-refractivity contribution is 0.135. The number of benzene rings is 1. The molecule has 1 aliphatic rings. The Morgan fingerprint density at radius 1 is 1.36 bits per heavy atom. The average molecular weight is 333 g/mol. The highest BCUT2D eigenvalue weighted by molar-refractivity contribution is 7.89. The monoisotopic (exact) mass is 333 g/mol. The topological polar surface area (TPSA) is 46.6 Å². The SMILES string of the molecule is CO[C@H](C)CS(=O)(=O)N1CC[C@@H](Cc2ccc(F)c(F)c2)C1. The van der Waals surface area contributed by atoms with E-state index in [9.17, 15) is 17.2 Å². The molecule has 0 radical (unpaired) electrons. The van der Waals surface area contributed by atoms with Crippen LogP contribution in [0.3, 0.4) is 0 Å². The second kappa shape index (κ2) is 7.02. The van der Waals surface area contributed by atoms with E-state index in [1.54, 1.807) is 13.0 Å². The number of hydrogen-bond donors (Lipinski definition) is 0. The summed E-state index contributed by atoms with van der Waals surface area (Å²) in [6.07, 6.45) is 0.915. The fourth-order valence-corrected chi connectivity index (χ4v) is 4.45. The number of sulfonamides is 1. The van der Waals surface area contributed by atoms with Crippen LogP contribution in [-0.2, 0) is 21.2 Å². The Morgan fingerprint density at radius 3 is 2.73 bits per heavy atom. The van der Waals surface area contributed by atoms with Crippen LogP contribution in [0.1, 0.15) is 18.9 Å². The van der Waals surface area contributed by atoms with Crippen LogP contribution in [0.5, 0.6) is 0 Å². The minimum absolute atomic E-state index is 0.0403. The highest BCUT2D eigenvalue weighted by atomic mass is 32.2. The lowest BCUT2D eigenvalue weighted by atomic mass is 9.99. The Hall–Kier alpha value is -1.05. The summed E-state index contributed by atoms with van der Waals surface area (Å²) in [5, 5.41) is 0. The maximum Gasteiger partial charge on any atom is 0.216 e. The molecule has 0 bridgehead atoms. The first-order valence-corrected chi connectivity index (χ1v) is 8.87. The molecule has 1 heterocycles. The van der Waals surface area contributed by atoms with E-state index in [0.29, 0.717) is 25.1 Å². The number of rotatable bonds is 6. The zero-order valence-electron chi connectivity index (χ0n) is 12.8. The van der Waals surface area contributed by atoms with E-state index in [-0.39, 0.29) is 17.8 Å². The Labute approximate surface area is 130 Å². The van der Waals surface area contributed by atoms with Crippen LogP contribution in [0, 0.1) is 17.6 Å². The Kier molecular flexibility index (Phi) is 5.52. The zero-order valence-corrected chi connectivity index (χ0v) is 13.6. The second-order valence-electron chi connectivity index (χ2n) is 5.79. The molecular weight excluding hydrogens is 312 g/mol. The smallest absolute Gasteiger partial charge is 0.216 e. The third-order valence-electron chi connectivity index (χ3n) is 4.00. The van der Waals surface area contributed by atoms with Gasteiger partial charge < -0.3 is 4.74 Å². The zero-order chi connectivity index (χ0) is 16.3. The first-order chi connectivity index (χ1) is 10.3. The van der Waals surface area contributed by atoms with Crippen LogP contribution in [0.2, 0.25) is 0 Å². The predicted octanol–water partition coefficient (Wildman–Crippen LogP) is 2.19. The van der Waals surface area contributed by atoms with Gasteiger partial charge in [0.25, 0.3) is 0 Å². The largest absolute Gasteiger partial charge is 0.381 e. The van der Waals surface area contributed by atoms with Gasteiger partial charge in [0.05, 0.1) is 11.9 Å². The molecule has 1 aromatic rings. The van der Waals surface area contributed by atoms with Gasteiger partial charge in [-0.2, -0.15) is 0 Å². The van der Waals surface area contributed by atoms with Crippen molar-refractivity contribution in [3.8, 4) is 0 Å². The standard InChI is InChI=1S/C15H21F2NO3S/c1-11(21-2)10-22(19,20)18-6-5-13(9-18)7-12-3-4-14(16)15(17)8-12/h3-4,8,11,13H,5-7,9-10H2,1-2H3/t11-,13+/m1/s1. The van der Waals surface area contributed by atoms with E-state index in [1.807, 2.05) is 0 Å². The molecule has 1 saturated heterocycles. The molecule has 2 rings (SSSR count). The molecule has 0 aliphatic carbocycles. The number of halogens is 2. The van der Waals surface area contributed by atoms with Gasteiger partial charge in [-0.1, -0.05) is 6.07 Å². The summed E-state index contributed by atoms with van der Waals surface area (Å²) < 4.78 is 57.1. The third kappa shape index (κ3) is 4.24. The number of nitrogens with zero attached hydrogens (tertiary/aromatic N) is 1. The minimum atomic E-state index is -3.34. The molecule has 0 unspecified atom stereocenters. The van der Waals surface area contributed by atoms with Crippen LogP contribution >= 0.6 is 0 Å². The molecule has 0 amide bonds. The number of ether oxygens (including phenoxy) is 1. The highest BCUT2D eigenvalue weighted by Gasteiger charge is 2.32. The minimum Gasteiger partial charge on any atom is -0.381 e. The normalized spacial score (nSPS) is 21.2. The van der Waals surface area contributed by atoms with Crippen LogP contribution in [-0.4, -0.2) is 44.8 Å². The molecule has 22 heavy (non-hydrogen) atoms. The van der Waals surface area contributed by atoms with E-state index in [0.717, 1.165) is 12.5 Å². The van der Waals surface area contributed by atoms with Crippen molar-refractivity contribution in [3.05, 3.63) is 35.4 Å². The lowest BCUT2D eigenvalue weighted by Crippen LogP contribution is -2.35. The van der Waals surface area contributed by atoms with E-state index in [4.69, 9.17) is 4.74 Å². The molecule has 1 aromatic carbocycles. The van der Waals surface area contributed by atoms with Crippen molar-refractivity contribution >= 4 is 10.0 Å². The molecule has 0 saturated carbocycles. The van der Waals surface area contributed by atoms with Gasteiger partial charge in [-0.05, 0) is 43.4 Å². The van der Waals surface area contributed by atoms with E-state index >= 15 is 0 Å². The van der Waals surface area contributed by atoms with Gasteiger partial charge in [-0.25, -0.2) is 21.5 Å². The van der Waals surface area contributed by atoms with Crippen molar-refractivity contribution in [3.63, 3.8) is 0 Å². The van der Waals surface area contributed by atoms with E-state index < -0.39 is 21.7 Å². The first-order valence-electron chi connectivity index (χ1n) is 7.26. The molecule has 1 aliphatic heterocycles. The summed E-state index contributed by atoms with van der Waals surface area (Å²) >= 11 is 0. The summed E-state index contributed by atoms with van der Waals surface area (Å²) in [5.74, 6) is -1.65. The van der Waals surface area contributed by atoms with Crippen molar-refractivity contribution in [2.75, 3.05) is 26.0 Å². The van der Waals surface area contributed by atoms with E-state index in [1.165, 1.54) is 17.5 Å². The van der Waals surface area contributed by atoms with Gasteiger partial charge in [-0.3, -0.25) is 0 Å². The van der Waals surface area contributed by atoms with Gasteiger partial charge in [0.2, 0.25) is 10.0 Å². The fraction of sp³-hybridized carbons (Fsp3) is 0.600. The van der Waals surface area contributed by atoms with Crippen molar-refractivity contribution in [1.29, 1.82) is 0 Å². The summed E-state index contributed by atoms with van der Waals surface area (Å²) in [4.78, 5) is 0. The van der Waals surface area contributed by atoms with Gasteiger partial charge in [0, 0.05) is 20.2 Å². The van der Waals surface area contributed by atoms with Gasteiger partial charge >= 0.3 is 0 Å². The van der Waals surface area contributed by atoms with E-state index in [2.05, 4.69) is 0 Å². The summed E-state index contributed by atoms with van der Waals surface area (Å²) in [6, 6.07) is 3.83. The van der Waals surface area contributed by atoms with Gasteiger partial charge in [0.15, 0.2) is 11.6 Å². The Balaban J connectivity index is 1.96. The lowest BCUT2D eigenvalue weighted by Gasteiger charge is -2.19. The Bertz CT molecular complexity index is 621. The number of methoxy groups -OCH3 is 1. The van der Waals surface area contributed by atoms with Gasteiger partial charge in [-0.15, -0.1) is 0 Å². The van der Waals surface area contributed by atoms with Crippen molar-refractivity contribution in [2.45, 2.75) is 25.9 Å². The highest BCUT2D eigenvalue weighted by Crippen LogP contribution is 2.24. The van der Waals surface area contributed by atoms with Crippen LogP contribution in [0.4, 0.5) is 8.78 Å². The first kappa shape index (κ1) is 17.3. The molecule has 1 fully saturated rings. The molecule has 0 aromatic heterocycles. The molecular formula is C15H21F2NO3S. The maximum absolute atomic E-state index is 13.2. The Morgan fingerprint density at radius 2 is 2.09 bits per heavy atom. The van der Waals surface area contributed by atoms with Crippen LogP contribution in [0.15, 0.2) is 18.2 Å². The summed E-state index contributed by atoms with van der Waals surface area (Å²) in [5.41, 5.74) is 0.688. The quantitative estimate of drug-likeness (QED) is 0.802. The molecule has 2 atom stereocenters. The van der Waals surface area contributed by atoms with Crippen molar-refractivity contribution in [2.24, 2.45) is 5.92 Å². The predicted molar refractivity (Wildman–Crippen MR) is 80.0 cm³/mol. The molecule has 7 heteroatoms. The van der Waals surface area contributed by atoms with Crippen molar-refractivity contribution < 1.29 is 21.9 Å². The van der Waals surface area contributed by atoms with Crippen LogP contribution in [0.25, 0.3) is 0 Å². The average Bonchev–Trinajstić information content (AvgIpc) is 2.92. The number of hydrogen-bond acceptors (Lipinski definition) is 3. The maximum atomic E-state index is 13.2. The second-order valence-corrected chi connectivity index (χ2v) is 7.80. The van der Waals surface area contributed by atoms with Crippen molar-refractivity contribution in [1.82, 2.24) is 4.31 Å². The fourth-order valence-electron chi connectivity index (χ4n) is 2.69. The molecule has 124 valence electrons. The molecule has 0 spiro atoms. The van der Waals surface area contributed by atoms with Crippen LogP contribution < -0.4 is 0 Å². The molecule has 0 N–H and O–H groups in total. The summed E-state index contributed by atoms with van der Waals surface area (Å²) in [7, 11) is -1.85.